The van der Waals surface area contributed by atoms with Gasteiger partial charge in [-0.05, 0) is 94.7 Å². The number of carbonyl (C=O) groups is 4. The predicted octanol–water partition coefficient (Wildman–Crippen LogP) is 5.54. The summed E-state index contributed by atoms with van der Waals surface area (Å²) < 4.78 is 88.9. The molecule has 2 aromatic rings. The van der Waals surface area contributed by atoms with E-state index in [4.69, 9.17) is 14.2 Å². The summed E-state index contributed by atoms with van der Waals surface area (Å²) in [5.74, 6) is -7.50. The predicted molar refractivity (Wildman–Crippen MR) is 211 cm³/mol. The van der Waals surface area contributed by atoms with E-state index in [-0.39, 0.29) is 43.5 Å². The molecule has 2 aliphatic carbocycles. The van der Waals surface area contributed by atoms with Gasteiger partial charge in [-0.1, -0.05) is 32.4 Å². The number of alkyl halides is 2. The topological polar surface area (TPSA) is 182 Å². The molecule has 324 valence electrons. The normalized spacial score (nSPS) is 28.6. The molecule has 14 nitrogen and oxygen atoms in total. The zero-order valence-electron chi connectivity index (χ0n) is 34.2. The molecule has 2 aliphatic heterocycles. The van der Waals surface area contributed by atoms with E-state index in [1.54, 1.807) is 19.1 Å². The third kappa shape index (κ3) is 9.57. The van der Waals surface area contributed by atoms with E-state index in [1.165, 1.54) is 23.2 Å². The molecule has 7 atom stereocenters. The summed E-state index contributed by atoms with van der Waals surface area (Å²) in [6, 6.07) is 1.69. The van der Waals surface area contributed by atoms with Crippen LogP contribution in [0.15, 0.2) is 36.5 Å². The zero-order chi connectivity index (χ0) is 43.1. The number of nitrogens with zero attached hydrogens (tertiary/aromatic N) is 2. The molecule has 1 saturated heterocycles. The molecule has 0 bridgehead atoms. The lowest BCUT2D eigenvalue weighted by Gasteiger charge is -2.35. The second-order valence-corrected chi connectivity index (χ2v) is 18.9. The van der Waals surface area contributed by atoms with Gasteiger partial charge < -0.3 is 29.7 Å². The largest absolute Gasteiger partial charge is 0.491 e. The van der Waals surface area contributed by atoms with Gasteiger partial charge in [-0.2, -0.15) is 0 Å². The van der Waals surface area contributed by atoms with Crippen LogP contribution in [-0.2, 0) is 29.1 Å². The van der Waals surface area contributed by atoms with E-state index in [9.17, 15) is 36.4 Å². The molecule has 1 aromatic heterocycles. The van der Waals surface area contributed by atoms with E-state index >= 15 is 4.39 Å². The lowest BCUT2D eigenvalue weighted by molar-refractivity contribution is -0.152. The Bertz CT molecular complexity index is 2090. The summed E-state index contributed by atoms with van der Waals surface area (Å²) in [4.78, 5) is 62.2. The highest BCUT2D eigenvalue weighted by Gasteiger charge is 2.62. The van der Waals surface area contributed by atoms with Gasteiger partial charge in [0.15, 0.2) is 17.2 Å². The summed E-state index contributed by atoms with van der Waals surface area (Å²) in [5.41, 5.74) is -3.88. The molecule has 18 heteroatoms. The monoisotopic (exact) mass is 849 g/mol. The molecule has 0 unspecified atom stereocenters. The number of aromatic nitrogens is 1. The summed E-state index contributed by atoms with van der Waals surface area (Å²) >= 11 is 0. The van der Waals surface area contributed by atoms with Crippen LogP contribution in [0.25, 0.3) is 10.8 Å². The molecule has 1 aromatic carbocycles. The number of ether oxygens (including phenoxy) is 3. The minimum Gasteiger partial charge on any atom is -0.491 e. The van der Waals surface area contributed by atoms with Crippen LogP contribution < -0.4 is 24.8 Å². The number of amides is 4. The van der Waals surface area contributed by atoms with Crippen molar-refractivity contribution < 1.29 is 55.0 Å². The molecule has 59 heavy (non-hydrogen) atoms. The molecule has 2 saturated carbocycles. The van der Waals surface area contributed by atoms with Gasteiger partial charge in [0.2, 0.25) is 27.7 Å². The van der Waals surface area contributed by atoms with Gasteiger partial charge in [-0.3, -0.25) is 19.1 Å². The minimum atomic E-state index is -3.98. The Hall–Kier alpha value is -4.61. The number of sulfonamides is 1. The first-order valence-electron chi connectivity index (χ1n) is 20.3. The van der Waals surface area contributed by atoms with Gasteiger partial charge in [-0.25, -0.2) is 31.4 Å². The third-order valence-corrected chi connectivity index (χ3v) is 13.8. The highest BCUT2D eigenvalue weighted by Crippen LogP contribution is 2.46. The van der Waals surface area contributed by atoms with Gasteiger partial charge >= 0.3 is 6.09 Å². The molecule has 3 fully saturated rings. The highest BCUT2D eigenvalue weighted by molar-refractivity contribution is 7.91. The van der Waals surface area contributed by atoms with E-state index in [2.05, 4.69) is 20.3 Å². The molecule has 6 rings (SSSR count). The number of halogens is 3. The van der Waals surface area contributed by atoms with Crippen molar-refractivity contribution in [2.45, 2.75) is 133 Å². The average molecular weight is 850 g/mol. The first-order valence-corrected chi connectivity index (χ1v) is 21.8. The van der Waals surface area contributed by atoms with Crippen LogP contribution >= 0.6 is 0 Å². The number of hydrogen-bond donors (Lipinski definition) is 3. The molecule has 4 aliphatic rings. The number of alkyl carbamates (subject to hydrolysis) is 1. The maximum absolute atomic E-state index is 15.1. The zero-order valence-corrected chi connectivity index (χ0v) is 35.0. The Morgan fingerprint density at radius 2 is 1.83 bits per heavy atom. The Morgan fingerprint density at radius 1 is 1.10 bits per heavy atom. The molecular weight excluding hydrogens is 796 g/mol. The van der Waals surface area contributed by atoms with Gasteiger partial charge in [0.1, 0.15) is 23.7 Å². The van der Waals surface area contributed by atoms with Gasteiger partial charge in [-0.15, -0.1) is 0 Å². The van der Waals surface area contributed by atoms with Crippen LogP contribution in [0.1, 0.15) is 92.9 Å². The lowest BCUT2D eigenvalue weighted by Crippen LogP contribution is -2.59. The van der Waals surface area contributed by atoms with E-state index in [0.717, 1.165) is 13.8 Å². The van der Waals surface area contributed by atoms with E-state index in [1.807, 2.05) is 19.9 Å². The Labute approximate surface area is 342 Å². The smallest absolute Gasteiger partial charge is 0.408 e. The van der Waals surface area contributed by atoms with Crippen molar-refractivity contribution in [3.8, 4) is 11.6 Å². The van der Waals surface area contributed by atoms with Crippen molar-refractivity contribution in [1.82, 2.24) is 25.2 Å². The number of benzene rings is 1. The van der Waals surface area contributed by atoms with Crippen molar-refractivity contribution in [2.75, 3.05) is 13.2 Å². The van der Waals surface area contributed by atoms with Gasteiger partial charge in [0.25, 0.3) is 11.8 Å². The summed E-state index contributed by atoms with van der Waals surface area (Å²) in [7, 11) is -3.98. The lowest BCUT2D eigenvalue weighted by atomic mass is 9.85. The number of hydrogen-bond acceptors (Lipinski definition) is 10. The number of carbonyl (C=O) groups excluding carboxylic acids is 4. The maximum atomic E-state index is 15.1. The standard InChI is InChI=1S/C41H54F3N5O9S/c1-7-24-17-23(3)11-9-10-12-26-21-41(26,37(52)48-59(54,55)28-13-14-28)47-34(50)31-19-27(57-35-29-20-30(42)32(56-8-2)18-25(29)15-16-45-35)22-49(31)36(51)33(24)46-38(53)58-39(4,5)40(6,43)44/h10,12,15-16,18,20,23-24,26-28,31,33H,7-9,11,13-14,17,19,21-22H2,1-6H3,(H,46,53)(H,47,50)(H,48,52)/b12-10-/t23-,24+,26+,27+,31-,33-,41+/m0/s1. The van der Waals surface area contributed by atoms with Crippen LogP contribution in [0.2, 0.25) is 0 Å². The maximum Gasteiger partial charge on any atom is 0.408 e. The Balaban J connectivity index is 1.37. The molecule has 3 N–H and O–H groups in total. The van der Waals surface area contributed by atoms with Gasteiger partial charge in [0, 0.05) is 30.8 Å². The Kier molecular flexibility index (Phi) is 12.5. The fourth-order valence-corrected chi connectivity index (χ4v) is 9.22. The van der Waals surface area contributed by atoms with Crippen molar-refractivity contribution in [3.05, 3.63) is 42.4 Å². The van der Waals surface area contributed by atoms with Crippen LogP contribution in [0.3, 0.4) is 0 Å². The third-order valence-electron chi connectivity index (χ3n) is 12.0. The van der Waals surface area contributed by atoms with Crippen molar-refractivity contribution in [1.29, 1.82) is 0 Å². The van der Waals surface area contributed by atoms with Gasteiger partial charge in [0.05, 0.1) is 18.4 Å². The number of fused-ring (bicyclic) bond motifs is 3. The summed E-state index contributed by atoms with van der Waals surface area (Å²) in [5, 5.41) is 5.51. The first kappa shape index (κ1) is 44.0. The number of nitrogens with one attached hydrogen (secondary N) is 3. The second kappa shape index (κ2) is 16.8. The van der Waals surface area contributed by atoms with Crippen molar-refractivity contribution in [2.24, 2.45) is 17.8 Å². The van der Waals surface area contributed by atoms with Crippen molar-refractivity contribution in [3.63, 3.8) is 0 Å². The molecular formula is C41H54F3N5O9S. The summed E-state index contributed by atoms with van der Waals surface area (Å²) in [6.45, 7) is 8.26. The number of pyridine rings is 1. The molecule has 4 amide bonds. The Morgan fingerprint density at radius 3 is 2.49 bits per heavy atom. The molecule has 3 heterocycles. The van der Waals surface area contributed by atoms with Crippen LogP contribution in [0.4, 0.5) is 18.0 Å². The first-order chi connectivity index (χ1) is 27.7. The fraction of sp³-hybridized carbons (Fsp3) is 0.634. The average Bonchev–Trinajstić information content (AvgIpc) is 4.08. The van der Waals surface area contributed by atoms with Crippen LogP contribution in [-0.4, -0.2) is 95.8 Å². The quantitative estimate of drug-likeness (QED) is 0.243. The van der Waals surface area contributed by atoms with Crippen molar-refractivity contribution >= 4 is 44.6 Å². The fourth-order valence-electron chi connectivity index (χ4n) is 7.86. The minimum absolute atomic E-state index is 0.00138. The highest BCUT2D eigenvalue weighted by atomic mass is 32.2. The second-order valence-electron chi connectivity index (χ2n) is 16.9. The SMILES string of the molecule is CCOc1cc2ccnc(O[C@@H]3C[C@H]4C(=O)N[C@]5(C(=O)NS(=O)(=O)C6CC6)C[C@H]5/C=C\CC[C@H](C)C[C@@H](CC)[C@H](NC(=O)OC(C)(C)C(C)(F)F)C(=O)N4C3)c2cc1F. The number of allylic oxidation sites excluding steroid dienone is 1. The van der Waals surface area contributed by atoms with E-state index < -0.39 is 92.0 Å². The van der Waals surface area contributed by atoms with E-state index in [0.29, 0.717) is 56.2 Å². The molecule has 0 spiro atoms. The van der Waals surface area contributed by atoms with Crippen LogP contribution in [0.5, 0.6) is 11.6 Å². The number of rotatable bonds is 11. The van der Waals surface area contributed by atoms with Crippen LogP contribution in [0, 0.1) is 23.6 Å². The summed E-state index contributed by atoms with van der Waals surface area (Å²) in [6.07, 6.45) is 5.77. The molecule has 0 radical (unpaired) electrons.